The van der Waals surface area contributed by atoms with Gasteiger partial charge in [-0.1, -0.05) is 37.1 Å². The third-order valence-corrected chi connectivity index (χ3v) is 5.92. The van der Waals surface area contributed by atoms with Crippen LogP contribution in [0, 0.1) is 13.8 Å². The second-order valence-electron chi connectivity index (χ2n) is 6.55. The van der Waals surface area contributed by atoms with Crippen LogP contribution in [0.3, 0.4) is 0 Å². The zero-order valence-corrected chi connectivity index (χ0v) is 17.0. The smallest absolute Gasteiger partial charge is 0.290 e. The molecule has 1 aromatic heterocycles. The number of aryl methyl sites for hydroxylation is 2. The lowest BCUT2D eigenvalue weighted by molar-refractivity contribution is -0.129. The van der Waals surface area contributed by atoms with Crippen molar-refractivity contribution in [2.75, 3.05) is 6.54 Å². The molecular formula is C20H21ClN2O3S. The molecule has 2 heterocycles. The zero-order valence-electron chi connectivity index (χ0n) is 15.5. The van der Waals surface area contributed by atoms with Gasteiger partial charge in [0.2, 0.25) is 5.78 Å². The fourth-order valence-corrected chi connectivity index (χ4v) is 4.30. The van der Waals surface area contributed by atoms with E-state index in [0.717, 1.165) is 23.4 Å². The number of nitrogens with zero attached hydrogens (tertiary/aromatic N) is 2. The van der Waals surface area contributed by atoms with E-state index in [1.165, 1.54) is 11.3 Å². The van der Waals surface area contributed by atoms with Crippen LogP contribution in [0.1, 0.15) is 51.7 Å². The number of carbonyl (C=O) groups is 2. The molecule has 1 atom stereocenters. The van der Waals surface area contributed by atoms with E-state index in [4.69, 9.17) is 11.6 Å². The first kappa shape index (κ1) is 19.6. The van der Waals surface area contributed by atoms with Crippen LogP contribution in [0.25, 0.3) is 0 Å². The predicted octanol–water partition coefficient (Wildman–Crippen LogP) is 4.79. The summed E-state index contributed by atoms with van der Waals surface area (Å²) in [5, 5.41) is 11.9. The summed E-state index contributed by atoms with van der Waals surface area (Å²) in [6.07, 6.45) is 1.68. The Bertz CT molecular complexity index is 918. The van der Waals surface area contributed by atoms with Crippen molar-refractivity contribution in [2.45, 2.75) is 39.7 Å². The van der Waals surface area contributed by atoms with E-state index < -0.39 is 17.7 Å². The lowest BCUT2D eigenvalue weighted by Crippen LogP contribution is -2.32. The van der Waals surface area contributed by atoms with Gasteiger partial charge in [-0.05, 0) is 38.0 Å². The number of aliphatic hydroxyl groups is 1. The van der Waals surface area contributed by atoms with Crippen molar-refractivity contribution < 1.29 is 14.7 Å². The van der Waals surface area contributed by atoms with E-state index in [2.05, 4.69) is 4.98 Å². The first-order valence-electron chi connectivity index (χ1n) is 8.83. The maximum Gasteiger partial charge on any atom is 0.290 e. The highest BCUT2D eigenvalue weighted by atomic mass is 35.5. The van der Waals surface area contributed by atoms with Gasteiger partial charge in [-0.2, -0.15) is 0 Å². The zero-order chi connectivity index (χ0) is 19.7. The van der Waals surface area contributed by atoms with Crippen LogP contribution >= 0.6 is 22.9 Å². The number of ketones is 1. The molecule has 1 aromatic carbocycles. The summed E-state index contributed by atoms with van der Waals surface area (Å²) in [5.41, 5.74) is 1.47. The Labute approximate surface area is 167 Å². The average molecular weight is 405 g/mol. The van der Waals surface area contributed by atoms with Crippen molar-refractivity contribution in [3.63, 3.8) is 0 Å². The van der Waals surface area contributed by atoms with Crippen molar-refractivity contribution in [3.05, 3.63) is 61.8 Å². The Balaban J connectivity index is 2.10. The molecule has 1 amide bonds. The van der Waals surface area contributed by atoms with Gasteiger partial charge in [0, 0.05) is 11.6 Å². The SMILES string of the molecule is CCCCN1C(=O)C(O)=C(C(=O)c2sc(C)nc2C)C1c1ccc(Cl)cc1. The number of aliphatic hydroxyl groups excluding tert-OH is 1. The predicted molar refractivity (Wildman–Crippen MR) is 106 cm³/mol. The number of unbranched alkanes of at least 4 members (excludes halogenated alkanes) is 1. The van der Waals surface area contributed by atoms with E-state index in [9.17, 15) is 14.7 Å². The first-order chi connectivity index (χ1) is 12.8. The van der Waals surface area contributed by atoms with Gasteiger partial charge in [0.15, 0.2) is 5.76 Å². The summed E-state index contributed by atoms with van der Waals surface area (Å²) in [4.78, 5) is 32.3. The minimum absolute atomic E-state index is 0.116. The van der Waals surface area contributed by atoms with Crippen LogP contribution in [0.4, 0.5) is 0 Å². The third-order valence-electron chi connectivity index (χ3n) is 4.60. The van der Waals surface area contributed by atoms with Gasteiger partial charge >= 0.3 is 0 Å². The quantitative estimate of drug-likeness (QED) is 0.702. The molecule has 0 saturated heterocycles. The standard InChI is InChI=1S/C20H21ClN2O3S/c1-4-5-10-23-16(13-6-8-14(21)9-7-13)15(18(25)20(23)26)17(24)19-11(2)22-12(3)27-19/h6-9,16,25H,4-5,10H2,1-3H3. The molecule has 27 heavy (non-hydrogen) atoms. The molecule has 0 bridgehead atoms. The van der Waals surface area contributed by atoms with Gasteiger partial charge in [-0.15, -0.1) is 11.3 Å². The second-order valence-corrected chi connectivity index (χ2v) is 8.18. The highest BCUT2D eigenvalue weighted by molar-refractivity contribution is 7.14. The molecule has 1 N–H and O–H groups in total. The molecule has 142 valence electrons. The van der Waals surface area contributed by atoms with E-state index in [1.54, 1.807) is 36.1 Å². The monoisotopic (exact) mass is 404 g/mol. The van der Waals surface area contributed by atoms with Crippen molar-refractivity contribution in [1.82, 2.24) is 9.88 Å². The van der Waals surface area contributed by atoms with Crippen molar-refractivity contribution >= 4 is 34.6 Å². The van der Waals surface area contributed by atoms with Gasteiger partial charge in [-0.3, -0.25) is 9.59 Å². The Morgan fingerprint density at radius 3 is 2.52 bits per heavy atom. The number of hydrogen-bond donors (Lipinski definition) is 1. The highest BCUT2D eigenvalue weighted by Gasteiger charge is 2.44. The Morgan fingerprint density at radius 2 is 1.96 bits per heavy atom. The van der Waals surface area contributed by atoms with Crippen LogP contribution < -0.4 is 0 Å². The summed E-state index contributed by atoms with van der Waals surface area (Å²) in [7, 11) is 0. The van der Waals surface area contributed by atoms with Gasteiger partial charge in [-0.25, -0.2) is 4.98 Å². The van der Waals surface area contributed by atoms with Crippen LogP contribution in [-0.4, -0.2) is 33.2 Å². The van der Waals surface area contributed by atoms with Crippen molar-refractivity contribution in [1.29, 1.82) is 0 Å². The molecule has 3 rings (SSSR count). The molecule has 1 aliphatic heterocycles. The van der Waals surface area contributed by atoms with E-state index in [1.807, 2.05) is 13.8 Å². The molecule has 2 aromatic rings. The van der Waals surface area contributed by atoms with Crippen LogP contribution in [0.5, 0.6) is 0 Å². The van der Waals surface area contributed by atoms with Gasteiger partial charge < -0.3 is 10.0 Å². The molecule has 0 saturated carbocycles. The van der Waals surface area contributed by atoms with E-state index in [-0.39, 0.29) is 11.4 Å². The summed E-state index contributed by atoms with van der Waals surface area (Å²) in [6.45, 7) is 6.08. The summed E-state index contributed by atoms with van der Waals surface area (Å²) >= 11 is 7.27. The maximum absolute atomic E-state index is 13.3. The topological polar surface area (TPSA) is 70.5 Å². The fraction of sp³-hybridized carbons (Fsp3) is 0.350. The number of carbonyl (C=O) groups excluding carboxylic acids is 2. The normalized spacial score (nSPS) is 17.1. The van der Waals surface area contributed by atoms with Crippen molar-refractivity contribution in [2.24, 2.45) is 0 Å². The minimum atomic E-state index is -0.629. The van der Waals surface area contributed by atoms with Crippen LogP contribution in [-0.2, 0) is 4.79 Å². The Kier molecular flexibility index (Phi) is 5.67. The van der Waals surface area contributed by atoms with Gasteiger partial charge in [0.25, 0.3) is 5.91 Å². The number of hydrogen-bond acceptors (Lipinski definition) is 5. The molecule has 1 aliphatic rings. The lowest BCUT2D eigenvalue weighted by atomic mass is 9.95. The van der Waals surface area contributed by atoms with E-state index in [0.29, 0.717) is 22.1 Å². The Hall–Kier alpha value is -2.18. The molecule has 0 spiro atoms. The number of benzene rings is 1. The molecule has 0 aliphatic carbocycles. The third kappa shape index (κ3) is 3.64. The average Bonchev–Trinajstić information content (AvgIpc) is 3.10. The van der Waals surface area contributed by atoms with Crippen molar-refractivity contribution in [3.8, 4) is 0 Å². The fourth-order valence-electron chi connectivity index (χ4n) is 3.30. The molecule has 7 heteroatoms. The molecule has 0 fully saturated rings. The molecule has 1 unspecified atom stereocenters. The maximum atomic E-state index is 13.3. The van der Waals surface area contributed by atoms with Gasteiger partial charge in [0.05, 0.1) is 27.2 Å². The first-order valence-corrected chi connectivity index (χ1v) is 10.0. The molecular weight excluding hydrogens is 384 g/mol. The largest absolute Gasteiger partial charge is 0.503 e. The van der Waals surface area contributed by atoms with E-state index >= 15 is 0 Å². The summed E-state index contributed by atoms with van der Waals surface area (Å²) in [6, 6.07) is 6.39. The summed E-state index contributed by atoms with van der Waals surface area (Å²) < 4.78 is 0. The lowest BCUT2D eigenvalue weighted by Gasteiger charge is -2.26. The number of amides is 1. The number of thiazole rings is 1. The number of rotatable bonds is 6. The molecule has 5 nitrogen and oxygen atoms in total. The number of aromatic nitrogens is 1. The Morgan fingerprint density at radius 1 is 1.30 bits per heavy atom. The van der Waals surface area contributed by atoms with Gasteiger partial charge in [0.1, 0.15) is 0 Å². The number of halogens is 1. The minimum Gasteiger partial charge on any atom is -0.503 e. The van der Waals surface area contributed by atoms with Crippen LogP contribution in [0.2, 0.25) is 5.02 Å². The highest BCUT2D eigenvalue weighted by Crippen LogP contribution is 2.40. The molecule has 0 radical (unpaired) electrons. The number of Topliss-reactive ketones (excluding diaryl/α,β-unsaturated/α-hetero) is 1. The van der Waals surface area contributed by atoms with Crippen LogP contribution in [0.15, 0.2) is 35.6 Å². The summed E-state index contributed by atoms with van der Waals surface area (Å²) in [5.74, 6) is -1.32. The second kappa shape index (κ2) is 7.82.